The molecule has 0 aliphatic carbocycles. The summed E-state index contributed by atoms with van der Waals surface area (Å²) in [7, 11) is 0. The Morgan fingerprint density at radius 1 is 0.595 bits per heavy atom. The van der Waals surface area contributed by atoms with Crippen LogP contribution in [0.2, 0.25) is 0 Å². The number of ether oxygens (including phenoxy) is 2. The Labute approximate surface area is 241 Å². The molecule has 3 aromatic carbocycles. The Hall–Kier alpha value is -4.48. The Morgan fingerprint density at radius 3 is 1.19 bits per heavy atom. The zero-order valence-electron chi connectivity index (χ0n) is 23.7. The first-order valence-electron chi connectivity index (χ1n) is 13.5. The fourth-order valence-corrected chi connectivity index (χ4v) is 3.52. The minimum atomic E-state index is -1.80. The summed E-state index contributed by atoms with van der Waals surface area (Å²) < 4.78 is 69.3. The molecular formula is C30H34F4N4O4. The number of benzene rings is 3. The summed E-state index contributed by atoms with van der Waals surface area (Å²) in [5.41, 5.74) is 0.721. The topological polar surface area (TPSA) is 101 Å². The standard InChI is InChI=1S/C30H34F4N4O4/c1-17(2)13-15-35-29(39)37-19-5-9-21(10-6-19)41-27-23(31)25(33)28(26(34)24(27)32)42-22-11-7-20(8-12-22)38-30(40)36-16-14-18(3)4/h5-12,17-18H,13-16H2,1-4H3,(H2,35,37,39)(H2,36,38,40). The highest BCUT2D eigenvalue weighted by Crippen LogP contribution is 2.39. The van der Waals surface area contributed by atoms with Gasteiger partial charge in [0, 0.05) is 24.5 Å². The lowest BCUT2D eigenvalue weighted by atomic mass is 10.1. The monoisotopic (exact) mass is 590 g/mol. The van der Waals surface area contributed by atoms with Crippen LogP contribution in [0.25, 0.3) is 0 Å². The third kappa shape index (κ3) is 9.28. The highest BCUT2D eigenvalue weighted by Gasteiger charge is 2.29. The molecule has 42 heavy (non-hydrogen) atoms. The van der Waals surface area contributed by atoms with Crippen molar-refractivity contribution in [2.75, 3.05) is 23.7 Å². The second-order valence-corrected chi connectivity index (χ2v) is 10.3. The van der Waals surface area contributed by atoms with Crippen LogP contribution in [0.3, 0.4) is 0 Å². The third-order valence-corrected chi connectivity index (χ3v) is 5.86. The van der Waals surface area contributed by atoms with Crippen molar-refractivity contribution >= 4 is 23.4 Å². The molecule has 0 spiro atoms. The first kappa shape index (κ1) is 32.0. The highest BCUT2D eigenvalue weighted by molar-refractivity contribution is 5.89. The number of amides is 4. The van der Waals surface area contributed by atoms with Gasteiger partial charge in [-0.1, -0.05) is 27.7 Å². The number of carbonyl (C=O) groups is 2. The molecule has 4 N–H and O–H groups in total. The van der Waals surface area contributed by atoms with Crippen LogP contribution in [-0.4, -0.2) is 25.2 Å². The molecular weight excluding hydrogens is 556 g/mol. The molecule has 12 heteroatoms. The molecule has 0 radical (unpaired) electrons. The average Bonchev–Trinajstić information content (AvgIpc) is 2.94. The van der Waals surface area contributed by atoms with Crippen LogP contribution < -0.4 is 30.7 Å². The zero-order valence-corrected chi connectivity index (χ0v) is 23.7. The van der Waals surface area contributed by atoms with Crippen molar-refractivity contribution in [1.29, 1.82) is 0 Å². The van der Waals surface area contributed by atoms with Gasteiger partial charge in [-0.25, -0.2) is 9.59 Å². The SMILES string of the molecule is CC(C)CCNC(=O)Nc1ccc(Oc2c(F)c(F)c(Oc3ccc(NC(=O)NCCC(C)C)cc3)c(F)c2F)cc1. The van der Waals surface area contributed by atoms with Crippen LogP contribution >= 0.6 is 0 Å². The van der Waals surface area contributed by atoms with Crippen LogP contribution in [0, 0.1) is 35.1 Å². The van der Waals surface area contributed by atoms with Crippen molar-refractivity contribution < 1.29 is 36.6 Å². The van der Waals surface area contributed by atoms with Gasteiger partial charge < -0.3 is 30.7 Å². The molecule has 0 atom stereocenters. The van der Waals surface area contributed by atoms with Crippen molar-refractivity contribution in [3.8, 4) is 23.0 Å². The van der Waals surface area contributed by atoms with Crippen LogP contribution in [-0.2, 0) is 0 Å². The molecule has 0 saturated heterocycles. The van der Waals surface area contributed by atoms with Gasteiger partial charge in [-0.2, -0.15) is 17.6 Å². The van der Waals surface area contributed by atoms with Gasteiger partial charge in [0.05, 0.1) is 0 Å². The quantitative estimate of drug-likeness (QED) is 0.126. The maximum Gasteiger partial charge on any atom is 0.319 e. The van der Waals surface area contributed by atoms with Gasteiger partial charge in [0.25, 0.3) is 0 Å². The third-order valence-electron chi connectivity index (χ3n) is 5.86. The second-order valence-electron chi connectivity index (χ2n) is 10.3. The fraction of sp³-hybridized carbons (Fsp3) is 0.333. The van der Waals surface area contributed by atoms with Gasteiger partial charge in [-0.15, -0.1) is 0 Å². The predicted molar refractivity (Wildman–Crippen MR) is 152 cm³/mol. The van der Waals surface area contributed by atoms with Gasteiger partial charge in [0.1, 0.15) is 11.5 Å². The Kier molecular flexibility index (Phi) is 11.4. The predicted octanol–water partition coefficient (Wildman–Crippen LogP) is 8.16. The summed E-state index contributed by atoms with van der Waals surface area (Å²) in [6, 6.07) is 9.77. The number of anilines is 2. The van der Waals surface area contributed by atoms with Crippen molar-refractivity contribution in [3.05, 3.63) is 71.8 Å². The summed E-state index contributed by atoms with van der Waals surface area (Å²) in [6.07, 6.45) is 1.60. The molecule has 8 nitrogen and oxygen atoms in total. The molecule has 3 rings (SSSR count). The highest BCUT2D eigenvalue weighted by atomic mass is 19.2. The van der Waals surface area contributed by atoms with Gasteiger partial charge in [0.15, 0.2) is 0 Å². The number of nitrogens with one attached hydrogen (secondary N) is 4. The molecule has 0 fully saturated rings. The van der Waals surface area contributed by atoms with Crippen molar-refractivity contribution in [3.63, 3.8) is 0 Å². The molecule has 0 saturated carbocycles. The van der Waals surface area contributed by atoms with E-state index in [-0.39, 0.29) is 11.5 Å². The number of hydrogen-bond donors (Lipinski definition) is 4. The van der Waals surface area contributed by atoms with E-state index in [1.807, 2.05) is 27.7 Å². The van der Waals surface area contributed by atoms with E-state index in [9.17, 15) is 27.2 Å². The maximum atomic E-state index is 14.8. The molecule has 0 aliphatic rings. The summed E-state index contributed by atoms with van der Waals surface area (Å²) in [6.45, 7) is 9.08. The smallest absolute Gasteiger partial charge is 0.319 e. The van der Waals surface area contributed by atoms with E-state index in [0.29, 0.717) is 36.3 Å². The molecule has 226 valence electrons. The van der Waals surface area contributed by atoms with Crippen LogP contribution in [0.15, 0.2) is 48.5 Å². The van der Waals surface area contributed by atoms with Gasteiger partial charge in [0.2, 0.25) is 34.8 Å². The normalized spacial score (nSPS) is 10.9. The number of rotatable bonds is 12. The summed E-state index contributed by atoms with van der Waals surface area (Å²) in [4.78, 5) is 23.9. The molecule has 0 aliphatic heterocycles. The Bertz CT molecular complexity index is 1230. The average molecular weight is 591 g/mol. The molecule has 0 aromatic heterocycles. The van der Waals surface area contributed by atoms with Crippen molar-refractivity contribution in [2.24, 2.45) is 11.8 Å². The number of urea groups is 2. The Balaban J connectivity index is 1.65. The lowest BCUT2D eigenvalue weighted by Crippen LogP contribution is -2.30. The van der Waals surface area contributed by atoms with E-state index in [0.717, 1.165) is 12.8 Å². The summed E-state index contributed by atoms with van der Waals surface area (Å²) in [5.74, 6) is -9.22. The molecule has 0 heterocycles. The lowest BCUT2D eigenvalue weighted by Gasteiger charge is -2.14. The van der Waals surface area contributed by atoms with Crippen LogP contribution in [0.1, 0.15) is 40.5 Å². The lowest BCUT2D eigenvalue weighted by molar-refractivity contribution is 0.250. The largest absolute Gasteiger partial charge is 0.451 e. The van der Waals surface area contributed by atoms with E-state index < -0.39 is 46.8 Å². The molecule has 0 unspecified atom stereocenters. The fourth-order valence-electron chi connectivity index (χ4n) is 3.52. The second kappa shape index (κ2) is 14.9. The Morgan fingerprint density at radius 2 is 0.905 bits per heavy atom. The van der Waals surface area contributed by atoms with Crippen LogP contribution in [0.4, 0.5) is 38.5 Å². The number of halogens is 4. The minimum absolute atomic E-state index is 0.137. The minimum Gasteiger partial charge on any atom is -0.451 e. The molecule has 0 bridgehead atoms. The first-order valence-corrected chi connectivity index (χ1v) is 13.5. The van der Waals surface area contributed by atoms with E-state index >= 15 is 0 Å². The molecule has 4 amide bonds. The van der Waals surface area contributed by atoms with E-state index in [4.69, 9.17) is 9.47 Å². The first-order chi connectivity index (χ1) is 19.9. The number of carbonyl (C=O) groups excluding carboxylic acids is 2. The van der Waals surface area contributed by atoms with Crippen molar-refractivity contribution in [1.82, 2.24) is 10.6 Å². The van der Waals surface area contributed by atoms with Crippen molar-refractivity contribution in [2.45, 2.75) is 40.5 Å². The zero-order chi connectivity index (χ0) is 30.8. The van der Waals surface area contributed by atoms with Gasteiger partial charge >= 0.3 is 12.1 Å². The summed E-state index contributed by atoms with van der Waals surface area (Å²) >= 11 is 0. The number of hydrogen-bond acceptors (Lipinski definition) is 4. The summed E-state index contributed by atoms with van der Waals surface area (Å²) in [5, 5.41) is 10.6. The van der Waals surface area contributed by atoms with E-state index in [2.05, 4.69) is 21.3 Å². The van der Waals surface area contributed by atoms with Gasteiger partial charge in [-0.3, -0.25) is 0 Å². The van der Waals surface area contributed by atoms with E-state index in [1.165, 1.54) is 48.5 Å². The molecule has 3 aromatic rings. The van der Waals surface area contributed by atoms with E-state index in [1.54, 1.807) is 0 Å². The maximum absolute atomic E-state index is 14.8. The van der Waals surface area contributed by atoms with Crippen LogP contribution in [0.5, 0.6) is 23.0 Å². The van der Waals surface area contributed by atoms with Gasteiger partial charge in [-0.05, 0) is 73.2 Å².